The zero-order valence-corrected chi connectivity index (χ0v) is 10.0. The molecule has 0 radical (unpaired) electrons. The van der Waals surface area contributed by atoms with Crippen LogP contribution in [0, 0.1) is 0 Å². The molecule has 0 saturated heterocycles. The van der Waals surface area contributed by atoms with Crippen LogP contribution in [0.5, 0.6) is 0 Å². The van der Waals surface area contributed by atoms with Gasteiger partial charge >= 0.3 is 5.97 Å². The lowest BCUT2D eigenvalue weighted by molar-refractivity contribution is -0.148. The molecule has 1 N–H and O–H groups in total. The van der Waals surface area contributed by atoms with Crippen molar-refractivity contribution >= 4 is 12.4 Å². The maximum Gasteiger partial charge on any atom is 0.326 e. The van der Waals surface area contributed by atoms with Gasteiger partial charge in [-0.25, -0.2) is 4.79 Å². The summed E-state index contributed by atoms with van der Waals surface area (Å²) < 4.78 is 0. The molecule has 0 aliphatic heterocycles. The Balaban J connectivity index is 2.94. The number of carboxylic acids is 1. The number of benzene rings is 1. The average Bonchev–Trinajstić information content (AvgIpc) is 2.35. The molecular formula is C13H17NO3. The first-order valence-corrected chi connectivity index (χ1v) is 5.62. The number of rotatable bonds is 6. The molecule has 1 unspecified atom stereocenters. The first kappa shape index (κ1) is 13.2. The molecule has 0 fully saturated rings. The van der Waals surface area contributed by atoms with Crippen molar-refractivity contribution in [3.63, 3.8) is 0 Å². The molecule has 1 aromatic rings. The number of carbonyl (C=O) groups excluding carboxylic acids is 1. The van der Waals surface area contributed by atoms with Crippen LogP contribution in [0.15, 0.2) is 30.3 Å². The van der Waals surface area contributed by atoms with Gasteiger partial charge < -0.3 is 10.0 Å². The highest BCUT2D eigenvalue weighted by Crippen LogP contribution is 2.21. The lowest BCUT2D eigenvalue weighted by Crippen LogP contribution is -2.41. The number of hydrogen-bond acceptors (Lipinski definition) is 2. The van der Waals surface area contributed by atoms with Crippen LogP contribution in [-0.2, 0) is 9.59 Å². The lowest BCUT2D eigenvalue weighted by atomic mass is 10.0. The summed E-state index contributed by atoms with van der Waals surface area (Å²) in [6.45, 7) is 3.59. The van der Waals surface area contributed by atoms with E-state index in [1.165, 1.54) is 4.90 Å². The van der Waals surface area contributed by atoms with Crippen molar-refractivity contribution in [3.8, 4) is 0 Å². The van der Waals surface area contributed by atoms with Crippen LogP contribution >= 0.6 is 0 Å². The van der Waals surface area contributed by atoms with E-state index in [0.717, 1.165) is 5.56 Å². The van der Waals surface area contributed by atoms with Crippen molar-refractivity contribution < 1.29 is 14.7 Å². The van der Waals surface area contributed by atoms with E-state index in [9.17, 15) is 9.59 Å². The van der Waals surface area contributed by atoms with Crippen molar-refractivity contribution in [2.45, 2.75) is 32.4 Å². The van der Waals surface area contributed by atoms with Gasteiger partial charge in [-0.15, -0.1) is 0 Å². The summed E-state index contributed by atoms with van der Waals surface area (Å²) in [5, 5.41) is 9.07. The molecule has 0 heterocycles. The van der Waals surface area contributed by atoms with Crippen LogP contribution in [0.1, 0.15) is 31.9 Å². The zero-order valence-electron chi connectivity index (χ0n) is 10.0. The maximum atomic E-state index is 11.1. The topological polar surface area (TPSA) is 57.6 Å². The van der Waals surface area contributed by atoms with E-state index in [1.807, 2.05) is 37.3 Å². The Morgan fingerprint density at radius 3 is 2.41 bits per heavy atom. The van der Waals surface area contributed by atoms with Crippen LogP contribution in [0.4, 0.5) is 0 Å². The Kier molecular flexibility index (Phi) is 4.69. The Hall–Kier alpha value is -1.84. The Morgan fingerprint density at radius 2 is 2.00 bits per heavy atom. The second kappa shape index (κ2) is 6.03. The smallest absolute Gasteiger partial charge is 0.326 e. The van der Waals surface area contributed by atoms with Crippen LogP contribution < -0.4 is 0 Å². The van der Waals surface area contributed by atoms with E-state index in [1.54, 1.807) is 6.92 Å². The van der Waals surface area contributed by atoms with Crippen molar-refractivity contribution in [1.82, 2.24) is 4.90 Å². The minimum absolute atomic E-state index is 0.241. The van der Waals surface area contributed by atoms with Crippen molar-refractivity contribution in [3.05, 3.63) is 35.9 Å². The molecule has 0 aromatic heterocycles. The van der Waals surface area contributed by atoms with Gasteiger partial charge in [-0.05, 0) is 18.9 Å². The SMILES string of the molecule is CC[C@H](C(=O)O)N(C=O)C(C)c1ccccc1. The summed E-state index contributed by atoms with van der Waals surface area (Å²) in [7, 11) is 0. The molecule has 1 aromatic carbocycles. The largest absolute Gasteiger partial charge is 0.480 e. The standard InChI is InChI=1S/C13H17NO3/c1-3-12(13(16)17)14(9-15)10(2)11-7-5-4-6-8-11/h4-10,12H,3H2,1-2H3,(H,16,17)/t10?,12-/m1/s1. The fraction of sp³-hybridized carbons (Fsp3) is 0.385. The minimum Gasteiger partial charge on any atom is -0.480 e. The van der Waals surface area contributed by atoms with Gasteiger partial charge in [-0.1, -0.05) is 37.3 Å². The normalized spacial score (nSPS) is 13.8. The van der Waals surface area contributed by atoms with Gasteiger partial charge in [0.25, 0.3) is 0 Å². The van der Waals surface area contributed by atoms with Crippen LogP contribution in [-0.4, -0.2) is 28.4 Å². The third-order valence-corrected chi connectivity index (χ3v) is 2.88. The maximum absolute atomic E-state index is 11.1. The Morgan fingerprint density at radius 1 is 1.41 bits per heavy atom. The quantitative estimate of drug-likeness (QED) is 0.768. The minimum atomic E-state index is -0.970. The molecule has 0 aliphatic rings. The fourth-order valence-corrected chi connectivity index (χ4v) is 1.85. The molecule has 0 aliphatic carbocycles. The zero-order chi connectivity index (χ0) is 12.8. The first-order chi connectivity index (χ1) is 8.11. The van der Waals surface area contributed by atoms with E-state index >= 15 is 0 Å². The van der Waals surface area contributed by atoms with Gasteiger partial charge in [0.15, 0.2) is 0 Å². The van der Waals surface area contributed by atoms with Gasteiger partial charge in [0.1, 0.15) is 6.04 Å². The fourth-order valence-electron chi connectivity index (χ4n) is 1.85. The number of amides is 1. The highest BCUT2D eigenvalue weighted by atomic mass is 16.4. The number of nitrogens with zero attached hydrogens (tertiary/aromatic N) is 1. The first-order valence-electron chi connectivity index (χ1n) is 5.62. The molecule has 2 atom stereocenters. The van der Waals surface area contributed by atoms with Crippen molar-refractivity contribution in [2.24, 2.45) is 0 Å². The van der Waals surface area contributed by atoms with Gasteiger partial charge in [0.2, 0.25) is 6.41 Å². The van der Waals surface area contributed by atoms with Gasteiger partial charge in [0.05, 0.1) is 6.04 Å². The highest BCUT2D eigenvalue weighted by Gasteiger charge is 2.27. The molecule has 0 bridgehead atoms. The number of carbonyl (C=O) groups is 2. The van der Waals surface area contributed by atoms with Gasteiger partial charge in [-0.2, -0.15) is 0 Å². The molecular weight excluding hydrogens is 218 g/mol. The predicted molar refractivity (Wildman–Crippen MR) is 64.5 cm³/mol. The van der Waals surface area contributed by atoms with Crippen LogP contribution in [0.25, 0.3) is 0 Å². The molecule has 4 heteroatoms. The highest BCUT2D eigenvalue weighted by molar-refractivity contribution is 5.76. The van der Waals surface area contributed by atoms with Crippen molar-refractivity contribution in [1.29, 1.82) is 0 Å². The van der Waals surface area contributed by atoms with E-state index in [2.05, 4.69) is 0 Å². The molecule has 0 spiro atoms. The molecule has 4 nitrogen and oxygen atoms in total. The summed E-state index contributed by atoms with van der Waals surface area (Å²) in [6.07, 6.45) is 1.01. The van der Waals surface area contributed by atoms with E-state index in [4.69, 9.17) is 5.11 Å². The van der Waals surface area contributed by atoms with E-state index in [-0.39, 0.29) is 6.04 Å². The third-order valence-electron chi connectivity index (χ3n) is 2.88. The number of carboxylic acid groups (broad SMARTS) is 1. The summed E-state index contributed by atoms with van der Waals surface area (Å²) in [4.78, 5) is 23.5. The average molecular weight is 235 g/mol. The van der Waals surface area contributed by atoms with Crippen LogP contribution in [0.3, 0.4) is 0 Å². The molecule has 1 rings (SSSR count). The molecule has 17 heavy (non-hydrogen) atoms. The lowest BCUT2D eigenvalue weighted by Gasteiger charge is -2.30. The molecule has 0 saturated carbocycles. The van der Waals surface area contributed by atoms with Crippen LogP contribution in [0.2, 0.25) is 0 Å². The number of hydrogen-bond donors (Lipinski definition) is 1. The van der Waals surface area contributed by atoms with E-state index < -0.39 is 12.0 Å². The van der Waals surface area contributed by atoms with Gasteiger partial charge in [-0.3, -0.25) is 4.79 Å². The summed E-state index contributed by atoms with van der Waals surface area (Å²) >= 11 is 0. The molecule has 1 amide bonds. The summed E-state index contributed by atoms with van der Waals surface area (Å²) in [5.74, 6) is -0.970. The van der Waals surface area contributed by atoms with E-state index in [0.29, 0.717) is 12.8 Å². The summed E-state index contributed by atoms with van der Waals surface area (Å²) in [5.41, 5.74) is 0.930. The number of aliphatic carboxylic acids is 1. The Bertz CT molecular complexity index is 378. The second-order valence-electron chi connectivity index (χ2n) is 3.90. The summed E-state index contributed by atoms with van der Waals surface area (Å²) in [6, 6.07) is 8.38. The van der Waals surface area contributed by atoms with Crippen molar-refractivity contribution in [2.75, 3.05) is 0 Å². The molecule has 92 valence electrons. The van der Waals surface area contributed by atoms with Gasteiger partial charge in [0, 0.05) is 0 Å². The Labute approximate surface area is 101 Å². The predicted octanol–water partition coefficient (Wildman–Crippen LogP) is 2.07. The monoisotopic (exact) mass is 235 g/mol. The third kappa shape index (κ3) is 3.06. The second-order valence-corrected chi connectivity index (χ2v) is 3.90.